The maximum absolute atomic E-state index is 11.7. The summed E-state index contributed by atoms with van der Waals surface area (Å²) < 4.78 is 5.25. The lowest BCUT2D eigenvalue weighted by atomic mass is 9.67. The summed E-state index contributed by atoms with van der Waals surface area (Å²) in [5.41, 5.74) is 5.13. The number of carbonyl (C=O) groups excluding carboxylic acids is 1. The predicted octanol–water partition coefficient (Wildman–Crippen LogP) is 1.91. The van der Waals surface area contributed by atoms with Gasteiger partial charge in [-0.3, -0.25) is 4.99 Å². The molecule has 1 aliphatic rings. The fourth-order valence-corrected chi connectivity index (χ4v) is 2.22. The molecule has 1 saturated carbocycles. The van der Waals surface area contributed by atoms with Gasteiger partial charge in [-0.05, 0) is 39.5 Å². The molecule has 18 heavy (non-hydrogen) atoms. The van der Waals surface area contributed by atoms with Crippen LogP contribution in [-0.4, -0.2) is 29.6 Å². The number of hydrogen-bond acceptors (Lipinski definition) is 3. The maximum atomic E-state index is 11.7. The van der Waals surface area contributed by atoms with E-state index < -0.39 is 5.60 Å². The van der Waals surface area contributed by atoms with Gasteiger partial charge < -0.3 is 15.8 Å². The van der Waals surface area contributed by atoms with Crippen molar-refractivity contribution in [1.82, 2.24) is 5.32 Å². The number of nitrogens with one attached hydrogen (secondary N) is 1. The first-order valence-electron chi connectivity index (χ1n) is 6.41. The number of carbonyl (C=O) groups is 1. The number of rotatable bonds is 2. The van der Waals surface area contributed by atoms with Crippen LogP contribution in [0.3, 0.4) is 0 Å². The van der Waals surface area contributed by atoms with Crippen LogP contribution in [0.2, 0.25) is 0 Å². The zero-order valence-corrected chi connectivity index (χ0v) is 12.2. The van der Waals surface area contributed by atoms with Gasteiger partial charge in [0.15, 0.2) is 0 Å². The van der Waals surface area contributed by atoms with Crippen molar-refractivity contribution in [3.05, 3.63) is 0 Å². The van der Waals surface area contributed by atoms with Crippen molar-refractivity contribution in [1.29, 1.82) is 0 Å². The summed E-state index contributed by atoms with van der Waals surface area (Å²) in [5, 5.41) is 2.88. The Morgan fingerprint density at radius 2 is 1.83 bits per heavy atom. The SMILES string of the molecule is CC(N)=N[C@@H]1C(C)C(C)C1NC(=O)OC(C)(C)C. The highest BCUT2D eigenvalue weighted by atomic mass is 16.6. The van der Waals surface area contributed by atoms with E-state index in [1.807, 2.05) is 20.8 Å². The molecule has 0 aliphatic heterocycles. The van der Waals surface area contributed by atoms with Crippen LogP contribution < -0.4 is 11.1 Å². The molecule has 0 saturated heterocycles. The van der Waals surface area contributed by atoms with Crippen molar-refractivity contribution in [2.45, 2.75) is 59.2 Å². The molecule has 0 aromatic carbocycles. The molecule has 3 N–H and O–H groups in total. The number of aliphatic imine (C=N–C) groups is 1. The van der Waals surface area contributed by atoms with Crippen LogP contribution >= 0.6 is 0 Å². The smallest absolute Gasteiger partial charge is 0.407 e. The van der Waals surface area contributed by atoms with Crippen molar-refractivity contribution in [2.75, 3.05) is 0 Å². The van der Waals surface area contributed by atoms with E-state index in [0.717, 1.165) is 0 Å². The summed E-state index contributed by atoms with van der Waals surface area (Å²) in [7, 11) is 0. The molecule has 3 unspecified atom stereocenters. The highest BCUT2D eigenvalue weighted by Crippen LogP contribution is 2.37. The lowest BCUT2D eigenvalue weighted by molar-refractivity contribution is 0.0328. The van der Waals surface area contributed by atoms with E-state index in [0.29, 0.717) is 17.7 Å². The second kappa shape index (κ2) is 5.16. The lowest BCUT2D eigenvalue weighted by Gasteiger charge is -2.47. The van der Waals surface area contributed by atoms with Gasteiger partial charge in [0.25, 0.3) is 0 Å². The third kappa shape index (κ3) is 3.62. The first-order valence-corrected chi connectivity index (χ1v) is 6.41. The summed E-state index contributed by atoms with van der Waals surface area (Å²) in [6.45, 7) is 11.5. The summed E-state index contributed by atoms with van der Waals surface area (Å²) in [6.07, 6.45) is -0.388. The Bertz CT molecular complexity index is 343. The Hall–Kier alpha value is -1.26. The van der Waals surface area contributed by atoms with Crippen LogP contribution in [0.1, 0.15) is 41.5 Å². The minimum Gasteiger partial charge on any atom is -0.444 e. The van der Waals surface area contributed by atoms with Crippen LogP contribution in [0.5, 0.6) is 0 Å². The Kier molecular flexibility index (Phi) is 4.24. The maximum Gasteiger partial charge on any atom is 0.407 e. The van der Waals surface area contributed by atoms with Gasteiger partial charge in [-0.1, -0.05) is 13.8 Å². The number of amides is 1. The van der Waals surface area contributed by atoms with Crippen molar-refractivity contribution in [3.8, 4) is 0 Å². The second-order valence-corrected chi connectivity index (χ2v) is 6.15. The number of nitrogens with zero attached hydrogens (tertiary/aromatic N) is 1. The Morgan fingerprint density at radius 3 is 2.28 bits per heavy atom. The molecule has 5 heteroatoms. The third-order valence-electron chi connectivity index (χ3n) is 3.34. The quantitative estimate of drug-likeness (QED) is 0.584. The fraction of sp³-hybridized carbons (Fsp3) is 0.846. The van der Waals surface area contributed by atoms with E-state index in [2.05, 4.69) is 24.2 Å². The number of nitrogens with two attached hydrogens (primary N) is 1. The molecule has 0 radical (unpaired) electrons. The van der Waals surface area contributed by atoms with Crippen LogP contribution in [0.15, 0.2) is 4.99 Å². The number of amidine groups is 1. The van der Waals surface area contributed by atoms with E-state index in [1.54, 1.807) is 6.92 Å². The topological polar surface area (TPSA) is 76.7 Å². The first kappa shape index (κ1) is 14.8. The van der Waals surface area contributed by atoms with Crippen LogP contribution in [0, 0.1) is 11.8 Å². The highest BCUT2D eigenvalue weighted by Gasteiger charge is 2.46. The molecule has 0 heterocycles. The van der Waals surface area contributed by atoms with E-state index in [-0.39, 0.29) is 18.2 Å². The molecular weight excluding hydrogens is 230 g/mol. The van der Waals surface area contributed by atoms with Crippen molar-refractivity contribution in [2.24, 2.45) is 22.6 Å². The van der Waals surface area contributed by atoms with Gasteiger partial charge in [0.05, 0.1) is 17.9 Å². The van der Waals surface area contributed by atoms with Crippen molar-refractivity contribution < 1.29 is 9.53 Å². The van der Waals surface area contributed by atoms with Gasteiger partial charge >= 0.3 is 6.09 Å². The summed E-state index contributed by atoms with van der Waals surface area (Å²) in [5.74, 6) is 1.35. The Balaban J connectivity index is 2.60. The zero-order chi connectivity index (χ0) is 14.1. The molecule has 0 bridgehead atoms. The van der Waals surface area contributed by atoms with Crippen molar-refractivity contribution in [3.63, 3.8) is 0 Å². The minimum atomic E-state index is -0.481. The van der Waals surface area contributed by atoms with Crippen LogP contribution in [0.25, 0.3) is 0 Å². The van der Waals surface area contributed by atoms with E-state index in [9.17, 15) is 4.79 Å². The molecule has 104 valence electrons. The molecule has 0 aromatic rings. The molecular formula is C13H25N3O2. The largest absolute Gasteiger partial charge is 0.444 e. The molecule has 1 amide bonds. The molecule has 1 fully saturated rings. The van der Waals surface area contributed by atoms with E-state index in [1.165, 1.54) is 0 Å². The molecule has 1 rings (SSSR count). The highest BCUT2D eigenvalue weighted by molar-refractivity contribution is 5.78. The second-order valence-electron chi connectivity index (χ2n) is 6.15. The monoisotopic (exact) mass is 255 g/mol. The minimum absolute atomic E-state index is 0.00773. The molecule has 1 aliphatic carbocycles. The zero-order valence-electron chi connectivity index (χ0n) is 12.2. The van der Waals surface area contributed by atoms with Gasteiger partial charge in [0, 0.05) is 0 Å². The number of hydrogen-bond donors (Lipinski definition) is 2. The van der Waals surface area contributed by atoms with E-state index >= 15 is 0 Å². The average molecular weight is 255 g/mol. The summed E-state index contributed by atoms with van der Waals surface area (Å²) >= 11 is 0. The molecule has 0 spiro atoms. The molecule has 5 nitrogen and oxygen atoms in total. The summed E-state index contributed by atoms with van der Waals surface area (Å²) in [4.78, 5) is 16.1. The van der Waals surface area contributed by atoms with Crippen LogP contribution in [0.4, 0.5) is 4.79 Å². The van der Waals surface area contributed by atoms with Gasteiger partial charge in [-0.2, -0.15) is 0 Å². The lowest BCUT2D eigenvalue weighted by Crippen LogP contribution is -2.61. The predicted molar refractivity (Wildman–Crippen MR) is 72.6 cm³/mol. The molecule has 0 aromatic heterocycles. The number of ether oxygens (including phenoxy) is 1. The number of alkyl carbamates (subject to hydrolysis) is 1. The van der Waals surface area contributed by atoms with Gasteiger partial charge in [0.1, 0.15) is 5.60 Å². The third-order valence-corrected chi connectivity index (χ3v) is 3.34. The van der Waals surface area contributed by atoms with Crippen LogP contribution in [-0.2, 0) is 4.74 Å². The van der Waals surface area contributed by atoms with Crippen molar-refractivity contribution >= 4 is 11.9 Å². The average Bonchev–Trinajstić information content (AvgIpc) is 2.19. The Morgan fingerprint density at radius 1 is 1.28 bits per heavy atom. The first-order chi connectivity index (χ1) is 8.11. The van der Waals surface area contributed by atoms with E-state index in [4.69, 9.17) is 10.5 Å². The standard InChI is InChI=1S/C13H25N3O2/c1-7-8(2)11(10(7)15-9(3)14)16-12(17)18-13(4,5)6/h7-8,10-11H,1-6H3,(H2,14,15)(H,16,17)/t7?,8?,10-,11?/m1/s1. The Labute approximate surface area is 109 Å². The molecule has 4 atom stereocenters. The normalized spacial score (nSPS) is 32.7. The van der Waals surface area contributed by atoms with Gasteiger partial charge in [0.2, 0.25) is 0 Å². The van der Waals surface area contributed by atoms with Gasteiger partial charge in [-0.25, -0.2) is 4.79 Å². The fourth-order valence-electron chi connectivity index (χ4n) is 2.22. The van der Waals surface area contributed by atoms with Gasteiger partial charge in [-0.15, -0.1) is 0 Å². The summed E-state index contributed by atoms with van der Waals surface area (Å²) in [6, 6.07) is 0.0610.